The van der Waals surface area contributed by atoms with Crippen LogP contribution in [0.3, 0.4) is 0 Å². The van der Waals surface area contributed by atoms with Crippen LogP contribution in [0.5, 0.6) is 0 Å². The van der Waals surface area contributed by atoms with Gasteiger partial charge in [0.2, 0.25) is 0 Å². The predicted octanol–water partition coefficient (Wildman–Crippen LogP) is 5.10. The molecular weight excluding hydrogens is 360 g/mol. The monoisotopic (exact) mass is 402 g/mol. The SMILES string of the molecule is C=CC[C@]1(CO[Si](C)(C)C(C)(C)C)OC[C@@H](O[Si](C)(C)C(C)(C)C)[C@@H]1O. The molecule has 0 aliphatic carbocycles. The molecule has 0 bridgehead atoms. The van der Waals surface area contributed by atoms with Crippen LogP contribution in [0.1, 0.15) is 48.0 Å². The zero-order valence-corrected chi connectivity index (χ0v) is 20.7. The zero-order chi connectivity index (χ0) is 20.6. The minimum Gasteiger partial charge on any atom is -0.414 e. The molecule has 0 saturated carbocycles. The summed E-state index contributed by atoms with van der Waals surface area (Å²) in [5, 5.41) is 11.3. The number of hydrogen-bond acceptors (Lipinski definition) is 4. The van der Waals surface area contributed by atoms with Crippen molar-refractivity contribution in [1.82, 2.24) is 0 Å². The molecule has 4 nitrogen and oxygen atoms in total. The van der Waals surface area contributed by atoms with Gasteiger partial charge in [0.05, 0.1) is 19.3 Å². The number of rotatable bonds is 7. The standard InChI is InChI=1S/C20H42O4Si2/c1-12-13-20(15-23-25(8,9)18(2,3)4)17(21)16(14-22-20)24-26(10,11)19(5,6)7/h12,16-17,21H,1,13-15H2,2-11H3/t16-,17+,20-/m1/s1. The lowest BCUT2D eigenvalue weighted by atomic mass is 9.93. The highest BCUT2D eigenvalue weighted by atomic mass is 28.4. The maximum absolute atomic E-state index is 11.1. The summed E-state index contributed by atoms with van der Waals surface area (Å²) in [6.07, 6.45) is 1.35. The summed E-state index contributed by atoms with van der Waals surface area (Å²) in [5.41, 5.74) is -0.760. The average molecular weight is 403 g/mol. The fourth-order valence-corrected chi connectivity index (χ4v) is 4.89. The van der Waals surface area contributed by atoms with Crippen LogP contribution in [0, 0.1) is 0 Å². The topological polar surface area (TPSA) is 47.9 Å². The lowest BCUT2D eigenvalue weighted by Gasteiger charge is -2.41. The highest BCUT2D eigenvalue weighted by Gasteiger charge is 2.53. The summed E-state index contributed by atoms with van der Waals surface area (Å²) in [6, 6.07) is 0. The molecule has 1 fully saturated rings. The molecule has 1 saturated heterocycles. The summed E-state index contributed by atoms with van der Waals surface area (Å²) < 4.78 is 19.0. The Balaban J connectivity index is 2.95. The number of aliphatic hydroxyl groups excluding tert-OH is 1. The van der Waals surface area contributed by atoms with Crippen LogP contribution in [0.4, 0.5) is 0 Å². The Morgan fingerprint density at radius 3 is 2.00 bits per heavy atom. The van der Waals surface area contributed by atoms with Crippen LogP contribution in [-0.2, 0) is 13.6 Å². The Morgan fingerprint density at radius 1 is 1.08 bits per heavy atom. The van der Waals surface area contributed by atoms with E-state index in [1.54, 1.807) is 0 Å². The minimum atomic E-state index is -1.98. The van der Waals surface area contributed by atoms with Gasteiger partial charge in [-0.2, -0.15) is 0 Å². The molecule has 0 aromatic rings. The van der Waals surface area contributed by atoms with Crippen molar-refractivity contribution >= 4 is 16.6 Å². The van der Waals surface area contributed by atoms with Crippen LogP contribution < -0.4 is 0 Å². The van der Waals surface area contributed by atoms with Crippen molar-refractivity contribution in [3.8, 4) is 0 Å². The van der Waals surface area contributed by atoms with E-state index in [-0.39, 0.29) is 16.2 Å². The third kappa shape index (κ3) is 5.08. The number of aliphatic hydroxyl groups is 1. The van der Waals surface area contributed by atoms with Gasteiger partial charge in [0.25, 0.3) is 0 Å². The fourth-order valence-electron chi connectivity index (χ4n) is 2.55. The Hall–Kier alpha value is 0.0138. The van der Waals surface area contributed by atoms with Gasteiger partial charge in [-0.3, -0.25) is 0 Å². The van der Waals surface area contributed by atoms with E-state index in [2.05, 4.69) is 74.3 Å². The summed E-state index contributed by atoms with van der Waals surface area (Å²) in [7, 11) is -3.92. The second-order valence-corrected chi connectivity index (χ2v) is 20.3. The normalized spacial score (nSPS) is 28.4. The second kappa shape index (κ2) is 7.80. The van der Waals surface area contributed by atoms with Crippen molar-refractivity contribution in [2.24, 2.45) is 0 Å². The minimum absolute atomic E-state index is 0.0913. The molecule has 0 aromatic heterocycles. The lowest BCUT2D eigenvalue weighted by Crippen LogP contribution is -2.53. The van der Waals surface area contributed by atoms with Gasteiger partial charge in [0.1, 0.15) is 11.7 Å². The van der Waals surface area contributed by atoms with Gasteiger partial charge in [0.15, 0.2) is 16.6 Å². The largest absolute Gasteiger partial charge is 0.414 e. The molecule has 3 atom stereocenters. The van der Waals surface area contributed by atoms with Crippen molar-refractivity contribution in [3.63, 3.8) is 0 Å². The molecular formula is C20H42O4Si2. The quantitative estimate of drug-likeness (QED) is 0.475. The van der Waals surface area contributed by atoms with E-state index >= 15 is 0 Å². The van der Waals surface area contributed by atoms with E-state index < -0.39 is 28.3 Å². The van der Waals surface area contributed by atoms with Crippen molar-refractivity contribution in [3.05, 3.63) is 12.7 Å². The first-order valence-corrected chi connectivity index (χ1v) is 15.6. The summed E-state index contributed by atoms with van der Waals surface area (Å²) in [4.78, 5) is 0. The van der Waals surface area contributed by atoms with Gasteiger partial charge in [-0.1, -0.05) is 47.6 Å². The second-order valence-electron chi connectivity index (χ2n) is 10.8. The predicted molar refractivity (Wildman–Crippen MR) is 115 cm³/mol. The molecule has 6 heteroatoms. The summed E-state index contributed by atoms with van der Waals surface area (Å²) in [5.74, 6) is 0. The van der Waals surface area contributed by atoms with Gasteiger partial charge in [-0.25, -0.2) is 0 Å². The Kier molecular flexibility index (Phi) is 7.21. The van der Waals surface area contributed by atoms with E-state index in [0.29, 0.717) is 19.6 Å². The third-order valence-corrected chi connectivity index (χ3v) is 15.6. The first-order valence-electron chi connectivity index (χ1n) is 9.74. The van der Waals surface area contributed by atoms with E-state index in [9.17, 15) is 5.11 Å². The Morgan fingerprint density at radius 2 is 1.58 bits per heavy atom. The number of hydrogen-bond donors (Lipinski definition) is 1. The van der Waals surface area contributed by atoms with E-state index in [1.165, 1.54) is 0 Å². The average Bonchev–Trinajstić information content (AvgIpc) is 2.73. The molecule has 154 valence electrons. The van der Waals surface area contributed by atoms with Gasteiger partial charge in [0, 0.05) is 0 Å². The maximum atomic E-state index is 11.1. The molecule has 1 N–H and O–H groups in total. The number of ether oxygens (including phenoxy) is 1. The third-order valence-electron chi connectivity index (χ3n) is 6.65. The van der Waals surface area contributed by atoms with Gasteiger partial charge in [-0.15, -0.1) is 6.58 Å². The molecule has 0 aromatic carbocycles. The molecule has 26 heavy (non-hydrogen) atoms. The van der Waals surface area contributed by atoms with E-state index in [1.807, 2.05) is 6.08 Å². The summed E-state index contributed by atoms with van der Waals surface area (Å²) in [6.45, 7) is 26.8. The molecule has 1 rings (SSSR count). The molecule has 0 spiro atoms. The van der Waals surface area contributed by atoms with E-state index in [4.69, 9.17) is 13.6 Å². The Bertz CT molecular complexity index is 491. The highest BCUT2D eigenvalue weighted by molar-refractivity contribution is 6.74. The van der Waals surface area contributed by atoms with Crippen LogP contribution >= 0.6 is 0 Å². The van der Waals surface area contributed by atoms with Gasteiger partial charge >= 0.3 is 0 Å². The molecule has 1 aliphatic rings. The van der Waals surface area contributed by atoms with Crippen molar-refractivity contribution in [2.45, 2.75) is 102 Å². The van der Waals surface area contributed by atoms with Gasteiger partial charge < -0.3 is 18.7 Å². The highest BCUT2D eigenvalue weighted by Crippen LogP contribution is 2.42. The fraction of sp³-hybridized carbons (Fsp3) is 0.900. The molecule has 0 unspecified atom stereocenters. The lowest BCUT2D eigenvalue weighted by molar-refractivity contribution is -0.0885. The van der Waals surface area contributed by atoms with Crippen LogP contribution in [0.25, 0.3) is 0 Å². The maximum Gasteiger partial charge on any atom is 0.192 e. The van der Waals surface area contributed by atoms with E-state index in [0.717, 1.165) is 0 Å². The van der Waals surface area contributed by atoms with Crippen molar-refractivity contribution in [2.75, 3.05) is 13.2 Å². The Labute approximate surface area is 163 Å². The smallest absolute Gasteiger partial charge is 0.192 e. The summed E-state index contributed by atoms with van der Waals surface area (Å²) >= 11 is 0. The first kappa shape index (κ1) is 24.1. The van der Waals surface area contributed by atoms with Crippen LogP contribution in [0.15, 0.2) is 12.7 Å². The molecule has 1 heterocycles. The van der Waals surface area contributed by atoms with Crippen LogP contribution in [-0.4, -0.2) is 52.8 Å². The molecule has 0 radical (unpaired) electrons. The first-order chi connectivity index (χ1) is 11.5. The zero-order valence-electron chi connectivity index (χ0n) is 18.7. The van der Waals surface area contributed by atoms with Gasteiger partial charge in [-0.05, 0) is 42.7 Å². The molecule has 0 amide bonds. The van der Waals surface area contributed by atoms with Crippen molar-refractivity contribution in [1.29, 1.82) is 0 Å². The van der Waals surface area contributed by atoms with Crippen molar-refractivity contribution < 1.29 is 18.7 Å². The molecule has 1 aliphatic heterocycles. The van der Waals surface area contributed by atoms with Crippen LogP contribution in [0.2, 0.25) is 36.3 Å².